The van der Waals surface area contributed by atoms with Crippen molar-refractivity contribution >= 4 is 46.0 Å². The molecule has 0 atom stereocenters. The molecule has 3 aromatic carbocycles. The highest BCUT2D eigenvalue weighted by molar-refractivity contribution is 8.27. The number of amides is 1. The molecule has 5 nitrogen and oxygen atoms in total. The zero-order valence-electron chi connectivity index (χ0n) is 18.3. The average Bonchev–Trinajstić information content (AvgIpc) is 3.11. The Balaban J connectivity index is 1.33. The number of thioether (sulfide) groups is 1. The van der Waals surface area contributed by atoms with Crippen LogP contribution in [0.15, 0.2) is 77.7 Å². The predicted octanol–water partition coefficient (Wildman–Crippen LogP) is 5.87. The van der Waals surface area contributed by atoms with Gasteiger partial charge in [-0.05, 0) is 60.5 Å². The van der Waals surface area contributed by atoms with Crippen LogP contribution in [0.4, 0.5) is 5.69 Å². The van der Waals surface area contributed by atoms with Gasteiger partial charge in [-0.2, -0.15) is 0 Å². The van der Waals surface area contributed by atoms with Crippen molar-refractivity contribution in [2.75, 3.05) is 25.2 Å². The lowest BCUT2D eigenvalue weighted by Crippen LogP contribution is -2.27. The number of carbonyl (C=O) groups excluding carboxylic acids is 1. The number of carbonyl (C=O) groups is 1. The molecule has 0 N–H and O–H groups in total. The monoisotopic (exact) mass is 477 g/mol. The van der Waals surface area contributed by atoms with Crippen LogP contribution in [0.2, 0.25) is 0 Å². The molecule has 4 rings (SSSR count). The summed E-state index contributed by atoms with van der Waals surface area (Å²) in [5.41, 5.74) is 2.78. The zero-order valence-corrected chi connectivity index (χ0v) is 19.9. The Labute approximate surface area is 203 Å². The maximum Gasteiger partial charge on any atom is 0.270 e. The molecule has 0 saturated carbocycles. The molecule has 1 fully saturated rings. The number of thiocarbonyl (C=S) groups is 1. The van der Waals surface area contributed by atoms with Crippen molar-refractivity contribution in [2.24, 2.45) is 0 Å². The lowest BCUT2D eigenvalue weighted by atomic mass is 10.2. The molecule has 0 aromatic heterocycles. The van der Waals surface area contributed by atoms with Gasteiger partial charge in [0, 0.05) is 0 Å². The second-order valence-electron chi connectivity index (χ2n) is 7.27. The molecule has 0 radical (unpaired) electrons. The van der Waals surface area contributed by atoms with Crippen LogP contribution in [-0.2, 0) is 4.79 Å². The molecule has 3 aromatic rings. The van der Waals surface area contributed by atoms with E-state index in [4.69, 9.17) is 26.4 Å². The molecule has 0 spiro atoms. The van der Waals surface area contributed by atoms with E-state index in [1.165, 1.54) is 11.8 Å². The van der Waals surface area contributed by atoms with Crippen molar-refractivity contribution in [1.82, 2.24) is 0 Å². The van der Waals surface area contributed by atoms with Crippen molar-refractivity contribution in [1.29, 1.82) is 0 Å². The first kappa shape index (κ1) is 22.9. The summed E-state index contributed by atoms with van der Waals surface area (Å²) < 4.78 is 17.4. The van der Waals surface area contributed by atoms with E-state index in [-0.39, 0.29) is 5.91 Å². The average molecular weight is 478 g/mol. The van der Waals surface area contributed by atoms with Gasteiger partial charge in [-0.25, -0.2) is 0 Å². The van der Waals surface area contributed by atoms with Gasteiger partial charge in [0.15, 0.2) is 15.8 Å². The molecule has 1 saturated heterocycles. The quantitative estimate of drug-likeness (QED) is 0.230. The first-order valence-corrected chi connectivity index (χ1v) is 11.6. The molecule has 0 aliphatic carbocycles. The highest BCUT2D eigenvalue weighted by Gasteiger charge is 2.33. The second kappa shape index (κ2) is 10.6. The standard InChI is InChI=1S/C26H23NO4S2/c1-18-8-13-22(23(16-18)29-2)31-15-14-30-21-11-9-19(10-12-21)17-24-25(28)27(26(32)33-24)20-6-4-3-5-7-20/h3-13,16-17H,14-15H2,1-2H3/b24-17-. The molecular weight excluding hydrogens is 454 g/mol. The maximum absolute atomic E-state index is 12.8. The number of para-hydroxylation sites is 1. The van der Waals surface area contributed by atoms with Crippen molar-refractivity contribution < 1.29 is 19.0 Å². The summed E-state index contributed by atoms with van der Waals surface area (Å²) >= 11 is 6.72. The maximum atomic E-state index is 12.8. The zero-order chi connectivity index (χ0) is 23.2. The SMILES string of the molecule is COc1cc(C)ccc1OCCOc1ccc(/C=C2\SC(=S)N(c3ccccc3)C2=O)cc1. The summed E-state index contributed by atoms with van der Waals surface area (Å²) in [6.45, 7) is 2.79. The van der Waals surface area contributed by atoms with Crippen LogP contribution in [-0.4, -0.2) is 30.6 Å². The summed E-state index contributed by atoms with van der Waals surface area (Å²) in [4.78, 5) is 15.0. The topological polar surface area (TPSA) is 48.0 Å². The number of methoxy groups -OCH3 is 1. The third-order valence-electron chi connectivity index (χ3n) is 4.91. The van der Waals surface area contributed by atoms with Gasteiger partial charge >= 0.3 is 0 Å². The van der Waals surface area contributed by atoms with Crippen LogP contribution in [0.1, 0.15) is 11.1 Å². The normalized spacial score (nSPS) is 14.6. The number of hydrogen-bond acceptors (Lipinski definition) is 6. The lowest BCUT2D eigenvalue weighted by Gasteiger charge is -2.13. The molecule has 1 aliphatic rings. The van der Waals surface area contributed by atoms with E-state index in [9.17, 15) is 4.79 Å². The fourth-order valence-corrected chi connectivity index (χ4v) is 4.58. The van der Waals surface area contributed by atoms with Gasteiger partial charge in [0.05, 0.1) is 17.7 Å². The minimum absolute atomic E-state index is 0.111. The van der Waals surface area contributed by atoms with Crippen LogP contribution in [0, 0.1) is 6.92 Å². The number of hydrogen-bond donors (Lipinski definition) is 0. The third-order valence-corrected chi connectivity index (χ3v) is 6.22. The number of ether oxygens (including phenoxy) is 3. The van der Waals surface area contributed by atoms with E-state index in [2.05, 4.69) is 0 Å². The number of aryl methyl sites for hydroxylation is 1. The second-order valence-corrected chi connectivity index (χ2v) is 8.95. The van der Waals surface area contributed by atoms with E-state index in [1.54, 1.807) is 12.0 Å². The van der Waals surface area contributed by atoms with E-state index in [0.29, 0.717) is 33.9 Å². The van der Waals surface area contributed by atoms with Gasteiger partial charge in [-0.1, -0.05) is 60.4 Å². The van der Waals surface area contributed by atoms with Crippen molar-refractivity contribution in [3.63, 3.8) is 0 Å². The van der Waals surface area contributed by atoms with Gasteiger partial charge in [0.25, 0.3) is 5.91 Å². The van der Waals surface area contributed by atoms with Gasteiger partial charge < -0.3 is 14.2 Å². The van der Waals surface area contributed by atoms with E-state index < -0.39 is 0 Å². The number of rotatable bonds is 8. The molecule has 1 heterocycles. The van der Waals surface area contributed by atoms with Gasteiger partial charge in [0.1, 0.15) is 19.0 Å². The van der Waals surface area contributed by atoms with E-state index in [1.807, 2.05) is 85.8 Å². The van der Waals surface area contributed by atoms with Crippen LogP contribution >= 0.6 is 24.0 Å². The summed E-state index contributed by atoms with van der Waals surface area (Å²) in [5, 5.41) is 0. The summed E-state index contributed by atoms with van der Waals surface area (Å²) in [6, 6.07) is 22.8. The van der Waals surface area contributed by atoms with E-state index in [0.717, 1.165) is 22.6 Å². The summed E-state index contributed by atoms with van der Waals surface area (Å²) in [7, 11) is 1.62. The molecule has 0 unspecified atom stereocenters. The number of anilines is 1. The summed E-state index contributed by atoms with van der Waals surface area (Å²) in [6.07, 6.45) is 1.85. The lowest BCUT2D eigenvalue weighted by molar-refractivity contribution is -0.113. The van der Waals surface area contributed by atoms with Gasteiger partial charge in [-0.15, -0.1) is 0 Å². The molecule has 0 bridgehead atoms. The van der Waals surface area contributed by atoms with Crippen LogP contribution in [0.25, 0.3) is 6.08 Å². The molecule has 1 amide bonds. The van der Waals surface area contributed by atoms with Gasteiger partial charge in [-0.3, -0.25) is 9.69 Å². The Morgan fingerprint density at radius 1 is 0.939 bits per heavy atom. The number of benzene rings is 3. The van der Waals surface area contributed by atoms with Crippen molar-refractivity contribution in [2.45, 2.75) is 6.92 Å². The Hall–Kier alpha value is -3.29. The molecule has 7 heteroatoms. The Morgan fingerprint density at radius 3 is 2.39 bits per heavy atom. The summed E-state index contributed by atoms with van der Waals surface area (Å²) in [5.74, 6) is 2.01. The first-order valence-electron chi connectivity index (χ1n) is 10.4. The first-order chi connectivity index (χ1) is 16.0. The Bertz CT molecular complexity index is 1180. The molecule has 1 aliphatic heterocycles. The van der Waals surface area contributed by atoms with Crippen molar-refractivity contribution in [3.8, 4) is 17.2 Å². The van der Waals surface area contributed by atoms with Gasteiger partial charge in [0.2, 0.25) is 0 Å². The largest absolute Gasteiger partial charge is 0.493 e. The fourth-order valence-electron chi connectivity index (χ4n) is 3.28. The van der Waals surface area contributed by atoms with E-state index >= 15 is 0 Å². The fraction of sp³-hybridized carbons (Fsp3) is 0.154. The third kappa shape index (κ3) is 5.56. The van der Waals surface area contributed by atoms with Crippen molar-refractivity contribution in [3.05, 3.63) is 88.8 Å². The highest BCUT2D eigenvalue weighted by Crippen LogP contribution is 2.36. The Morgan fingerprint density at radius 2 is 1.67 bits per heavy atom. The molecule has 168 valence electrons. The highest BCUT2D eigenvalue weighted by atomic mass is 32.2. The predicted molar refractivity (Wildman–Crippen MR) is 137 cm³/mol. The smallest absolute Gasteiger partial charge is 0.270 e. The molecule has 33 heavy (non-hydrogen) atoms. The van der Waals surface area contributed by atoms with Crippen LogP contribution in [0.3, 0.4) is 0 Å². The van der Waals surface area contributed by atoms with Crippen LogP contribution in [0.5, 0.6) is 17.2 Å². The Kier molecular flexibility index (Phi) is 7.32. The minimum Gasteiger partial charge on any atom is -0.493 e. The minimum atomic E-state index is -0.111. The van der Waals surface area contributed by atoms with Crippen LogP contribution < -0.4 is 19.1 Å². The molecular formula is C26H23NO4S2. The number of nitrogens with zero attached hydrogens (tertiary/aromatic N) is 1.